The van der Waals surface area contributed by atoms with Gasteiger partial charge in [0, 0.05) is 18.2 Å². The molecule has 0 radical (unpaired) electrons. The van der Waals surface area contributed by atoms with Gasteiger partial charge in [-0.2, -0.15) is 0 Å². The molecule has 0 aliphatic heterocycles. The molecule has 98 valence electrons. The Morgan fingerprint density at radius 1 is 1.50 bits per heavy atom. The highest BCUT2D eigenvalue weighted by molar-refractivity contribution is 5.85. The molecule has 1 N–H and O–H groups in total. The lowest BCUT2D eigenvalue weighted by molar-refractivity contribution is -0.131. The Morgan fingerprint density at radius 3 is 2.83 bits per heavy atom. The Bertz CT molecular complexity index is 444. The summed E-state index contributed by atoms with van der Waals surface area (Å²) >= 11 is 0. The van der Waals surface area contributed by atoms with Crippen molar-refractivity contribution in [3.8, 4) is 5.75 Å². The first-order valence-electron chi connectivity index (χ1n) is 5.47. The number of likely N-dealkylation sites (N-methyl/N-ethyl adjacent to an activating group) is 1. The summed E-state index contributed by atoms with van der Waals surface area (Å²) in [4.78, 5) is 12.4. The van der Waals surface area contributed by atoms with E-state index in [1.54, 1.807) is 6.07 Å². The van der Waals surface area contributed by atoms with Crippen LogP contribution in [0.15, 0.2) is 24.3 Å². The fourth-order valence-corrected chi connectivity index (χ4v) is 1.30. The molecule has 0 spiro atoms. The molecular formula is C13H16FNO3. The number of benzene rings is 1. The molecule has 1 rings (SSSR count). The smallest absolute Gasteiger partial charge is 0.328 e. The zero-order chi connectivity index (χ0) is 13.5. The quantitative estimate of drug-likeness (QED) is 0.786. The maximum absolute atomic E-state index is 13.6. The average Bonchev–Trinajstić information content (AvgIpc) is 2.28. The van der Waals surface area contributed by atoms with Gasteiger partial charge in [-0.3, -0.25) is 0 Å². The first kappa shape index (κ1) is 14.2. The Hall–Kier alpha value is -1.88. The molecule has 0 bridgehead atoms. The molecular weight excluding hydrogens is 237 g/mol. The van der Waals surface area contributed by atoms with E-state index in [0.717, 1.165) is 6.08 Å². The summed E-state index contributed by atoms with van der Waals surface area (Å²) in [5, 5.41) is 8.56. The van der Waals surface area contributed by atoms with E-state index in [1.165, 1.54) is 18.2 Å². The largest absolute Gasteiger partial charge is 0.489 e. The minimum absolute atomic E-state index is 0.0804. The van der Waals surface area contributed by atoms with Crippen LogP contribution >= 0.6 is 0 Å². The highest BCUT2D eigenvalue weighted by Gasteiger charge is 2.08. The zero-order valence-corrected chi connectivity index (χ0v) is 10.4. The Balaban J connectivity index is 2.83. The van der Waals surface area contributed by atoms with E-state index in [4.69, 9.17) is 9.84 Å². The number of aliphatic carboxylic acids is 1. The summed E-state index contributed by atoms with van der Waals surface area (Å²) in [6.45, 7) is 0.984. The van der Waals surface area contributed by atoms with Crippen LogP contribution in [-0.2, 0) is 4.79 Å². The SMILES string of the molecule is CN(C)CCOc1c(F)cccc1/C=C/C(=O)O. The van der Waals surface area contributed by atoms with Crippen molar-refractivity contribution in [2.45, 2.75) is 0 Å². The van der Waals surface area contributed by atoms with Gasteiger partial charge in [0.2, 0.25) is 0 Å². The lowest BCUT2D eigenvalue weighted by Gasteiger charge is -2.13. The molecule has 0 heterocycles. The van der Waals surface area contributed by atoms with Gasteiger partial charge in [0.15, 0.2) is 11.6 Å². The van der Waals surface area contributed by atoms with Gasteiger partial charge in [-0.15, -0.1) is 0 Å². The molecule has 0 saturated heterocycles. The van der Waals surface area contributed by atoms with Crippen LogP contribution in [0.4, 0.5) is 4.39 Å². The zero-order valence-electron chi connectivity index (χ0n) is 10.4. The van der Waals surface area contributed by atoms with E-state index >= 15 is 0 Å². The number of hydrogen-bond acceptors (Lipinski definition) is 3. The molecule has 0 aromatic heterocycles. The highest BCUT2D eigenvalue weighted by atomic mass is 19.1. The Kier molecular flexibility index (Phi) is 5.32. The van der Waals surface area contributed by atoms with Gasteiger partial charge in [0.05, 0.1) is 0 Å². The number of para-hydroxylation sites is 1. The summed E-state index contributed by atoms with van der Waals surface area (Å²) in [5.41, 5.74) is 0.413. The van der Waals surface area contributed by atoms with Gasteiger partial charge in [-0.25, -0.2) is 9.18 Å². The summed E-state index contributed by atoms with van der Waals surface area (Å²) in [6, 6.07) is 4.40. The Labute approximate surface area is 105 Å². The van der Waals surface area contributed by atoms with E-state index in [-0.39, 0.29) is 5.75 Å². The number of carbonyl (C=O) groups is 1. The van der Waals surface area contributed by atoms with E-state index < -0.39 is 11.8 Å². The second-order valence-electron chi connectivity index (χ2n) is 3.98. The highest BCUT2D eigenvalue weighted by Crippen LogP contribution is 2.23. The maximum Gasteiger partial charge on any atom is 0.328 e. The van der Waals surface area contributed by atoms with E-state index in [9.17, 15) is 9.18 Å². The van der Waals surface area contributed by atoms with Crippen molar-refractivity contribution in [2.75, 3.05) is 27.2 Å². The van der Waals surface area contributed by atoms with Crippen LogP contribution in [0.1, 0.15) is 5.56 Å². The third-order valence-corrected chi connectivity index (χ3v) is 2.19. The second kappa shape index (κ2) is 6.76. The monoisotopic (exact) mass is 253 g/mol. The van der Waals surface area contributed by atoms with Crippen LogP contribution in [0.5, 0.6) is 5.75 Å². The second-order valence-corrected chi connectivity index (χ2v) is 3.98. The molecule has 1 aromatic rings. The van der Waals surface area contributed by atoms with Crippen molar-refractivity contribution in [1.29, 1.82) is 0 Å². The van der Waals surface area contributed by atoms with Crippen LogP contribution in [0.2, 0.25) is 0 Å². The summed E-state index contributed by atoms with van der Waals surface area (Å²) in [7, 11) is 3.77. The number of carboxylic acids is 1. The molecule has 0 amide bonds. The molecule has 0 fully saturated rings. The van der Waals surface area contributed by atoms with Crippen molar-refractivity contribution in [3.63, 3.8) is 0 Å². The fraction of sp³-hybridized carbons (Fsp3) is 0.308. The third-order valence-electron chi connectivity index (χ3n) is 2.19. The molecule has 0 saturated carbocycles. The van der Waals surface area contributed by atoms with Gasteiger partial charge in [-0.1, -0.05) is 12.1 Å². The molecule has 0 aliphatic rings. The van der Waals surface area contributed by atoms with Crippen LogP contribution in [0.3, 0.4) is 0 Å². The lowest BCUT2D eigenvalue weighted by atomic mass is 10.2. The first-order chi connectivity index (χ1) is 8.50. The van der Waals surface area contributed by atoms with Crippen molar-refractivity contribution in [1.82, 2.24) is 4.90 Å². The molecule has 5 heteroatoms. The number of hydrogen-bond donors (Lipinski definition) is 1. The predicted octanol–water partition coefficient (Wildman–Crippen LogP) is 1.86. The van der Waals surface area contributed by atoms with Crippen LogP contribution < -0.4 is 4.74 Å². The standard InChI is InChI=1S/C13H16FNO3/c1-15(2)8-9-18-13-10(6-7-12(16)17)4-3-5-11(13)14/h3-7H,8-9H2,1-2H3,(H,16,17)/b7-6+. The van der Waals surface area contributed by atoms with Crippen molar-refractivity contribution in [3.05, 3.63) is 35.7 Å². The molecule has 0 aliphatic carbocycles. The normalized spacial score (nSPS) is 11.1. The van der Waals surface area contributed by atoms with Crippen LogP contribution in [-0.4, -0.2) is 43.2 Å². The van der Waals surface area contributed by atoms with Gasteiger partial charge in [0.25, 0.3) is 0 Å². The number of halogens is 1. The number of ether oxygens (including phenoxy) is 1. The maximum atomic E-state index is 13.6. The number of nitrogens with zero attached hydrogens (tertiary/aromatic N) is 1. The summed E-state index contributed by atoms with van der Waals surface area (Å²) < 4.78 is 18.9. The average molecular weight is 253 g/mol. The van der Waals surface area contributed by atoms with E-state index in [0.29, 0.717) is 18.7 Å². The summed E-state index contributed by atoms with van der Waals surface area (Å²) in [5.74, 6) is -1.50. The molecule has 4 nitrogen and oxygen atoms in total. The third kappa shape index (κ3) is 4.55. The van der Waals surface area contributed by atoms with Crippen molar-refractivity contribution in [2.24, 2.45) is 0 Å². The Morgan fingerprint density at radius 2 is 2.22 bits per heavy atom. The van der Waals surface area contributed by atoms with E-state index in [1.807, 2.05) is 19.0 Å². The minimum atomic E-state index is -1.08. The molecule has 1 aromatic carbocycles. The van der Waals surface area contributed by atoms with Crippen molar-refractivity contribution < 1.29 is 19.0 Å². The van der Waals surface area contributed by atoms with Gasteiger partial charge >= 0.3 is 5.97 Å². The molecule has 0 atom stereocenters. The van der Waals surface area contributed by atoms with Crippen molar-refractivity contribution >= 4 is 12.0 Å². The topological polar surface area (TPSA) is 49.8 Å². The van der Waals surface area contributed by atoms with Crippen LogP contribution in [0.25, 0.3) is 6.08 Å². The van der Waals surface area contributed by atoms with Gasteiger partial charge in [-0.05, 0) is 26.2 Å². The minimum Gasteiger partial charge on any atom is -0.489 e. The number of carboxylic acid groups (broad SMARTS) is 1. The predicted molar refractivity (Wildman–Crippen MR) is 67.1 cm³/mol. The number of rotatable bonds is 6. The molecule has 0 unspecified atom stereocenters. The molecule has 18 heavy (non-hydrogen) atoms. The fourth-order valence-electron chi connectivity index (χ4n) is 1.30. The van der Waals surface area contributed by atoms with Gasteiger partial charge < -0.3 is 14.7 Å². The lowest BCUT2D eigenvalue weighted by Crippen LogP contribution is -2.19. The van der Waals surface area contributed by atoms with Gasteiger partial charge in [0.1, 0.15) is 6.61 Å². The summed E-state index contributed by atoms with van der Waals surface area (Å²) in [6.07, 6.45) is 2.27. The van der Waals surface area contributed by atoms with E-state index in [2.05, 4.69) is 0 Å². The van der Waals surface area contributed by atoms with Crippen LogP contribution in [0, 0.1) is 5.82 Å². The first-order valence-corrected chi connectivity index (χ1v) is 5.47.